The van der Waals surface area contributed by atoms with Crippen LogP contribution in [0.1, 0.15) is 0 Å². The van der Waals surface area contributed by atoms with E-state index in [1.54, 1.807) is 24.5 Å². The van der Waals surface area contributed by atoms with Crippen LogP contribution in [0.25, 0.3) is 11.5 Å². The second kappa shape index (κ2) is 8.08. The van der Waals surface area contributed by atoms with E-state index in [9.17, 15) is 18.0 Å². The van der Waals surface area contributed by atoms with Gasteiger partial charge >= 0.3 is 6.36 Å². The molecular weight excluding hydrogens is 385 g/mol. The van der Waals surface area contributed by atoms with E-state index < -0.39 is 6.36 Å². The van der Waals surface area contributed by atoms with Crippen LogP contribution in [0, 0.1) is 0 Å². The third-order valence-electron chi connectivity index (χ3n) is 3.01. The predicted molar refractivity (Wildman–Crippen MR) is 90.0 cm³/mol. The van der Waals surface area contributed by atoms with Gasteiger partial charge in [0, 0.05) is 18.1 Å². The number of hydrogen-bond donors (Lipinski definition) is 1. The van der Waals surface area contributed by atoms with Crippen molar-refractivity contribution in [2.45, 2.75) is 11.6 Å². The Morgan fingerprint density at radius 2 is 1.96 bits per heavy atom. The van der Waals surface area contributed by atoms with Gasteiger partial charge in [0.25, 0.3) is 5.22 Å². The largest absolute Gasteiger partial charge is 0.573 e. The van der Waals surface area contributed by atoms with Crippen LogP contribution in [0.3, 0.4) is 0 Å². The number of halogens is 3. The number of carbonyl (C=O) groups excluding carboxylic acids is 1. The molecule has 140 valence electrons. The number of rotatable bonds is 6. The first-order valence-electron chi connectivity index (χ1n) is 7.41. The highest BCUT2D eigenvalue weighted by Crippen LogP contribution is 2.25. The number of pyridine rings is 1. The van der Waals surface area contributed by atoms with Gasteiger partial charge < -0.3 is 14.5 Å². The molecule has 0 radical (unpaired) electrons. The summed E-state index contributed by atoms with van der Waals surface area (Å²) in [7, 11) is 0. The maximum Gasteiger partial charge on any atom is 0.573 e. The molecule has 0 spiro atoms. The van der Waals surface area contributed by atoms with Crippen molar-refractivity contribution < 1.29 is 27.1 Å². The Morgan fingerprint density at radius 3 is 2.63 bits per heavy atom. The van der Waals surface area contributed by atoms with Gasteiger partial charge in [-0.05, 0) is 36.4 Å². The van der Waals surface area contributed by atoms with Gasteiger partial charge in [-0.15, -0.1) is 23.4 Å². The number of carbonyl (C=O) groups is 1. The van der Waals surface area contributed by atoms with Crippen LogP contribution in [0.5, 0.6) is 5.75 Å². The van der Waals surface area contributed by atoms with Crippen molar-refractivity contribution in [1.82, 2.24) is 15.2 Å². The quantitative estimate of drug-likeness (QED) is 0.635. The average Bonchev–Trinajstić information content (AvgIpc) is 3.10. The predicted octanol–water partition coefficient (Wildman–Crippen LogP) is 3.76. The number of nitrogens with one attached hydrogen (secondary N) is 1. The number of anilines is 1. The topological polar surface area (TPSA) is 90.1 Å². The highest BCUT2D eigenvalue weighted by molar-refractivity contribution is 7.99. The fraction of sp³-hybridized carbons (Fsp3) is 0.125. The number of ether oxygens (including phenoxy) is 1. The highest BCUT2D eigenvalue weighted by Gasteiger charge is 2.30. The molecule has 3 rings (SSSR count). The second-order valence-electron chi connectivity index (χ2n) is 5.02. The van der Waals surface area contributed by atoms with Crippen LogP contribution in [0.15, 0.2) is 58.4 Å². The lowest BCUT2D eigenvalue weighted by Crippen LogP contribution is -2.17. The molecule has 0 saturated heterocycles. The molecule has 11 heteroatoms. The van der Waals surface area contributed by atoms with E-state index in [1.807, 2.05) is 0 Å². The number of hydrogen-bond acceptors (Lipinski definition) is 7. The average molecular weight is 396 g/mol. The van der Waals surface area contributed by atoms with Gasteiger partial charge in [0.1, 0.15) is 5.75 Å². The van der Waals surface area contributed by atoms with E-state index in [-0.39, 0.29) is 28.5 Å². The van der Waals surface area contributed by atoms with Gasteiger partial charge in [0.2, 0.25) is 11.8 Å². The van der Waals surface area contributed by atoms with Crippen molar-refractivity contribution in [2.75, 3.05) is 11.1 Å². The van der Waals surface area contributed by atoms with Crippen molar-refractivity contribution in [3.8, 4) is 17.2 Å². The Kier molecular flexibility index (Phi) is 5.60. The fourth-order valence-corrected chi connectivity index (χ4v) is 2.50. The molecule has 0 aliphatic carbocycles. The van der Waals surface area contributed by atoms with E-state index in [4.69, 9.17) is 4.42 Å². The van der Waals surface area contributed by atoms with Crippen LogP contribution < -0.4 is 10.1 Å². The monoisotopic (exact) mass is 396 g/mol. The number of aromatic nitrogens is 3. The van der Waals surface area contributed by atoms with Gasteiger partial charge in [-0.3, -0.25) is 9.78 Å². The highest BCUT2D eigenvalue weighted by atomic mass is 32.2. The molecule has 0 unspecified atom stereocenters. The van der Waals surface area contributed by atoms with Gasteiger partial charge in [-0.25, -0.2) is 0 Å². The second-order valence-corrected chi connectivity index (χ2v) is 5.95. The lowest BCUT2D eigenvalue weighted by atomic mass is 10.3. The van der Waals surface area contributed by atoms with Gasteiger partial charge in [-0.2, -0.15) is 0 Å². The van der Waals surface area contributed by atoms with E-state index in [1.165, 1.54) is 12.1 Å². The maximum atomic E-state index is 12.1. The van der Waals surface area contributed by atoms with Crippen molar-refractivity contribution in [2.24, 2.45) is 0 Å². The summed E-state index contributed by atoms with van der Waals surface area (Å²) in [4.78, 5) is 15.9. The summed E-state index contributed by atoms with van der Waals surface area (Å²) in [5, 5.41) is 10.5. The molecule has 1 amide bonds. The molecule has 2 heterocycles. The fourth-order valence-electron chi connectivity index (χ4n) is 1.94. The number of amides is 1. The standard InChI is InChI=1S/C16H11F3N4O3S/c17-16(18,19)26-12-5-3-11(4-6-12)21-13(24)9-27-15-23-22-14(25-15)10-2-1-7-20-8-10/h1-8H,9H2,(H,21,24). The summed E-state index contributed by atoms with van der Waals surface area (Å²) in [6, 6.07) is 8.30. The molecule has 2 aromatic heterocycles. The minimum Gasteiger partial charge on any atom is -0.411 e. The van der Waals surface area contributed by atoms with Crippen LogP contribution >= 0.6 is 11.8 Å². The minimum atomic E-state index is -4.76. The first-order valence-corrected chi connectivity index (χ1v) is 8.40. The lowest BCUT2D eigenvalue weighted by molar-refractivity contribution is -0.274. The molecule has 0 fully saturated rings. The van der Waals surface area contributed by atoms with Crippen LogP contribution in [0.2, 0.25) is 0 Å². The summed E-state index contributed by atoms with van der Waals surface area (Å²) in [5.41, 5.74) is 0.985. The third-order valence-corrected chi connectivity index (χ3v) is 3.83. The SMILES string of the molecule is O=C(CSc1nnc(-c2cccnc2)o1)Nc1ccc(OC(F)(F)F)cc1. The number of alkyl halides is 3. The Bertz CT molecular complexity index is 901. The number of nitrogens with zero attached hydrogens (tertiary/aromatic N) is 3. The molecule has 1 N–H and O–H groups in total. The first-order chi connectivity index (χ1) is 12.9. The zero-order valence-electron chi connectivity index (χ0n) is 13.4. The molecule has 27 heavy (non-hydrogen) atoms. The Morgan fingerprint density at radius 1 is 1.19 bits per heavy atom. The number of benzene rings is 1. The molecule has 0 saturated carbocycles. The first kappa shape index (κ1) is 18.7. The Labute approximate surface area is 155 Å². The van der Waals surface area contributed by atoms with E-state index in [0.29, 0.717) is 11.3 Å². The summed E-state index contributed by atoms with van der Waals surface area (Å²) in [6.45, 7) is 0. The summed E-state index contributed by atoms with van der Waals surface area (Å²) >= 11 is 1.03. The van der Waals surface area contributed by atoms with Crippen LogP contribution in [-0.4, -0.2) is 33.2 Å². The van der Waals surface area contributed by atoms with E-state index in [0.717, 1.165) is 23.9 Å². The summed E-state index contributed by atoms with van der Waals surface area (Å²) in [6.07, 6.45) is -1.58. The molecule has 0 aliphatic heterocycles. The third kappa shape index (κ3) is 5.71. The molecule has 0 aliphatic rings. The van der Waals surface area contributed by atoms with Crippen LogP contribution in [0.4, 0.5) is 18.9 Å². The zero-order valence-corrected chi connectivity index (χ0v) is 14.3. The van der Waals surface area contributed by atoms with E-state index in [2.05, 4.69) is 25.2 Å². The van der Waals surface area contributed by atoms with Crippen molar-refractivity contribution in [1.29, 1.82) is 0 Å². The molecule has 0 atom stereocenters. The zero-order chi connectivity index (χ0) is 19.3. The lowest BCUT2D eigenvalue weighted by Gasteiger charge is -2.09. The van der Waals surface area contributed by atoms with Crippen molar-refractivity contribution >= 4 is 23.4 Å². The molecular formula is C16H11F3N4O3S. The Balaban J connectivity index is 1.51. The smallest absolute Gasteiger partial charge is 0.411 e. The van der Waals surface area contributed by atoms with E-state index >= 15 is 0 Å². The molecule has 3 aromatic rings. The molecule has 7 nitrogen and oxygen atoms in total. The van der Waals surface area contributed by atoms with Crippen molar-refractivity contribution in [3.63, 3.8) is 0 Å². The summed E-state index contributed by atoms with van der Waals surface area (Å²) in [5.74, 6) is -0.490. The Hall–Kier alpha value is -3.08. The van der Waals surface area contributed by atoms with Gasteiger partial charge in [-0.1, -0.05) is 11.8 Å². The number of thioether (sulfide) groups is 1. The maximum absolute atomic E-state index is 12.1. The minimum absolute atomic E-state index is 0.0184. The van der Waals surface area contributed by atoms with Crippen molar-refractivity contribution in [3.05, 3.63) is 48.8 Å². The van der Waals surface area contributed by atoms with Gasteiger partial charge in [0.15, 0.2) is 0 Å². The molecule has 0 bridgehead atoms. The normalized spacial score (nSPS) is 11.2. The molecule has 1 aromatic carbocycles. The van der Waals surface area contributed by atoms with Gasteiger partial charge in [0.05, 0.1) is 11.3 Å². The summed E-state index contributed by atoms with van der Waals surface area (Å²) < 4.78 is 45.5. The van der Waals surface area contributed by atoms with Crippen LogP contribution in [-0.2, 0) is 4.79 Å².